The van der Waals surface area contributed by atoms with Crippen LogP contribution in [0.4, 0.5) is 0 Å². The maximum Gasteiger partial charge on any atom is 0.347 e. The van der Waals surface area contributed by atoms with Crippen LogP contribution in [0.2, 0.25) is 5.02 Å². The third-order valence-corrected chi connectivity index (χ3v) is 2.96. The molecule has 0 amide bonds. The van der Waals surface area contributed by atoms with Gasteiger partial charge in [0.05, 0.1) is 13.2 Å². The van der Waals surface area contributed by atoms with Crippen molar-refractivity contribution in [2.24, 2.45) is 0 Å². The molecule has 1 aromatic rings. The van der Waals surface area contributed by atoms with Gasteiger partial charge in [-0.25, -0.2) is 4.79 Å². The van der Waals surface area contributed by atoms with Crippen molar-refractivity contribution >= 4 is 17.6 Å². The van der Waals surface area contributed by atoms with Crippen LogP contribution in [0.3, 0.4) is 0 Å². The number of ether oxygens (including phenoxy) is 2. The lowest BCUT2D eigenvalue weighted by Gasteiger charge is -2.19. The number of halogens is 1. The van der Waals surface area contributed by atoms with E-state index in [2.05, 4.69) is 0 Å². The third kappa shape index (κ3) is 4.40. The number of hydrogen-bond donors (Lipinski definition) is 1. The summed E-state index contributed by atoms with van der Waals surface area (Å²) < 4.78 is 10.6. The first-order chi connectivity index (χ1) is 9.13. The second-order valence-corrected chi connectivity index (χ2v) is 4.43. The van der Waals surface area contributed by atoms with Gasteiger partial charge in [-0.3, -0.25) is 0 Å². The van der Waals surface area contributed by atoms with E-state index in [0.29, 0.717) is 29.4 Å². The van der Waals surface area contributed by atoms with Gasteiger partial charge in [0.15, 0.2) is 6.10 Å². The Morgan fingerprint density at radius 1 is 1.42 bits per heavy atom. The number of aliphatic hydroxyl groups excluding tert-OH is 1. The number of esters is 1. The summed E-state index contributed by atoms with van der Waals surface area (Å²) in [4.78, 5) is 11.8. The SMILES string of the molecule is CCCC(Oc1cccc(Cl)c1CO)C(=O)OCC. The van der Waals surface area contributed by atoms with Gasteiger partial charge in [0.1, 0.15) is 5.75 Å². The summed E-state index contributed by atoms with van der Waals surface area (Å²) in [6.45, 7) is 3.78. The fraction of sp³-hybridized carbons (Fsp3) is 0.500. The largest absolute Gasteiger partial charge is 0.478 e. The number of carbonyl (C=O) groups excluding carboxylic acids is 1. The molecule has 0 radical (unpaired) electrons. The zero-order valence-electron chi connectivity index (χ0n) is 11.2. The minimum atomic E-state index is -0.672. The molecular formula is C14H19ClO4. The van der Waals surface area contributed by atoms with Gasteiger partial charge in [0, 0.05) is 10.6 Å². The maximum absolute atomic E-state index is 11.8. The lowest BCUT2D eigenvalue weighted by Crippen LogP contribution is -2.29. The molecule has 4 nitrogen and oxygen atoms in total. The van der Waals surface area contributed by atoms with Crippen LogP contribution >= 0.6 is 11.6 Å². The average molecular weight is 287 g/mol. The van der Waals surface area contributed by atoms with E-state index in [1.807, 2.05) is 6.92 Å². The van der Waals surface area contributed by atoms with Crippen LogP contribution in [0.15, 0.2) is 18.2 Å². The molecular weight excluding hydrogens is 268 g/mol. The fourth-order valence-electron chi connectivity index (χ4n) is 1.68. The fourth-order valence-corrected chi connectivity index (χ4v) is 1.90. The molecule has 0 saturated heterocycles. The minimum Gasteiger partial charge on any atom is -0.478 e. The first kappa shape index (κ1) is 15.8. The molecule has 0 aromatic heterocycles. The molecule has 1 unspecified atom stereocenters. The molecule has 0 aliphatic carbocycles. The topological polar surface area (TPSA) is 55.8 Å². The summed E-state index contributed by atoms with van der Waals surface area (Å²) in [5, 5.41) is 9.72. The molecule has 0 fully saturated rings. The Morgan fingerprint density at radius 3 is 2.74 bits per heavy atom. The molecule has 19 heavy (non-hydrogen) atoms. The molecule has 1 atom stereocenters. The van der Waals surface area contributed by atoms with Gasteiger partial charge in [0.2, 0.25) is 0 Å². The highest BCUT2D eigenvalue weighted by Gasteiger charge is 2.22. The van der Waals surface area contributed by atoms with Crippen LogP contribution in [0.5, 0.6) is 5.75 Å². The molecule has 5 heteroatoms. The summed E-state index contributed by atoms with van der Waals surface area (Å²) in [6, 6.07) is 5.06. The molecule has 0 aliphatic heterocycles. The van der Waals surface area contributed by atoms with Gasteiger partial charge in [-0.15, -0.1) is 0 Å². The van der Waals surface area contributed by atoms with E-state index in [1.54, 1.807) is 25.1 Å². The van der Waals surface area contributed by atoms with Crippen LogP contribution < -0.4 is 4.74 Å². The molecule has 0 saturated carbocycles. The van der Waals surface area contributed by atoms with E-state index in [-0.39, 0.29) is 6.61 Å². The molecule has 0 aliphatic rings. The van der Waals surface area contributed by atoms with Gasteiger partial charge in [-0.1, -0.05) is 31.0 Å². The van der Waals surface area contributed by atoms with E-state index in [0.717, 1.165) is 6.42 Å². The zero-order valence-corrected chi connectivity index (χ0v) is 11.9. The van der Waals surface area contributed by atoms with Crippen molar-refractivity contribution in [1.29, 1.82) is 0 Å². The third-order valence-electron chi connectivity index (χ3n) is 2.60. The molecule has 106 valence electrons. The number of rotatable bonds is 7. The number of hydrogen-bond acceptors (Lipinski definition) is 4. The molecule has 1 aromatic carbocycles. The Balaban J connectivity index is 2.90. The van der Waals surface area contributed by atoms with Crippen molar-refractivity contribution in [3.8, 4) is 5.75 Å². The Morgan fingerprint density at radius 2 is 2.16 bits per heavy atom. The second-order valence-electron chi connectivity index (χ2n) is 4.02. The zero-order chi connectivity index (χ0) is 14.3. The van der Waals surface area contributed by atoms with E-state index < -0.39 is 12.1 Å². The normalized spacial score (nSPS) is 12.0. The minimum absolute atomic E-state index is 0.239. The van der Waals surface area contributed by atoms with Gasteiger partial charge >= 0.3 is 5.97 Å². The summed E-state index contributed by atoms with van der Waals surface area (Å²) in [7, 11) is 0. The molecule has 0 heterocycles. The van der Waals surface area contributed by atoms with Gasteiger partial charge in [-0.05, 0) is 25.5 Å². The van der Waals surface area contributed by atoms with E-state index in [9.17, 15) is 9.90 Å². The van der Waals surface area contributed by atoms with Gasteiger partial charge < -0.3 is 14.6 Å². The van der Waals surface area contributed by atoms with E-state index >= 15 is 0 Å². The van der Waals surface area contributed by atoms with Crippen molar-refractivity contribution < 1.29 is 19.4 Å². The number of benzene rings is 1. The van der Waals surface area contributed by atoms with Crippen LogP contribution in [0.1, 0.15) is 32.3 Å². The average Bonchev–Trinajstić information content (AvgIpc) is 2.38. The second kappa shape index (κ2) is 8.02. The van der Waals surface area contributed by atoms with Crippen LogP contribution in [-0.4, -0.2) is 23.8 Å². The van der Waals surface area contributed by atoms with Crippen molar-refractivity contribution in [2.45, 2.75) is 39.4 Å². The van der Waals surface area contributed by atoms with E-state index in [4.69, 9.17) is 21.1 Å². The summed E-state index contributed by atoms with van der Waals surface area (Å²) in [5.74, 6) is 0.0229. The Hall–Kier alpha value is -1.26. The lowest BCUT2D eigenvalue weighted by molar-refractivity contribution is -0.151. The number of carbonyl (C=O) groups is 1. The van der Waals surface area contributed by atoms with Crippen molar-refractivity contribution in [2.75, 3.05) is 6.61 Å². The lowest BCUT2D eigenvalue weighted by atomic mass is 10.2. The monoisotopic (exact) mass is 286 g/mol. The highest BCUT2D eigenvalue weighted by atomic mass is 35.5. The Kier molecular flexibility index (Phi) is 6.67. The van der Waals surface area contributed by atoms with Crippen LogP contribution in [0, 0.1) is 0 Å². The van der Waals surface area contributed by atoms with Crippen molar-refractivity contribution in [3.63, 3.8) is 0 Å². The summed E-state index contributed by atoms with van der Waals surface area (Å²) in [5.41, 5.74) is 0.481. The quantitative estimate of drug-likeness (QED) is 0.783. The predicted octanol–water partition coefficient (Wildman–Crippen LogP) is 2.94. The Labute approximate surface area is 118 Å². The summed E-state index contributed by atoms with van der Waals surface area (Å²) >= 11 is 5.97. The maximum atomic E-state index is 11.8. The number of aliphatic hydroxyl groups is 1. The molecule has 0 bridgehead atoms. The molecule has 1 N–H and O–H groups in total. The van der Waals surface area contributed by atoms with Gasteiger partial charge in [-0.2, -0.15) is 0 Å². The highest BCUT2D eigenvalue weighted by molar-refractivity contribution is 6.31. The Bertz CT molecular complexity index is 420. The first-order valence-corrected chi connectivity index (χ1v) is 6.73. The smallest absolute Gasteiger partial charge is 0.347 e. The van der Waals surface area contributed by atoms with Crippen LogP contribution in [-0.2, 0) is 16.1 Å². The molecule has 1 rings (SSSR count). The van der Waals surface area contributed by atoms with Crippen molar-refractivity contribution in [3.05, 3.63) is 28.8 Å². The van der Waals surface area contributed by atoms with Crippen molar-refractivity contribution in [1.82, 2.24) is 0 Å². The first-order valence-electron chi connectivity index (χ1n) is 6.35. The predicted molar refractivity (Wildman–Crippen MR) is 73.3 cm³/mol. The van der Waals surface area contributed by atoms with Gasteiger partial charge in [0.25, 0.3) is 0 Å². The highest BCUT2D eigenvalue weighted by Crippen LogP contribution is 2.27. The van der Waals surface area contributed by atoms with E-state index in [1.165, 1.54) is 0 Å². The standard InChI is InChI=1S/C14H19ClO4/c1-3-6-13(14(17)18-4-2)19-12-8-5-7-11(15)10(12)9-16/h5,7-8,13,16H,3-4,6,9H2,1-2H3. The molecule has 0 spiro atoms. The van der Waals surface area contributed by atoms with Crippen LogP contribution in [0.25, 0.3) is 0 Å². The summed E-state index contributed by atoms with van der Waals surface area (Å²) in [6.07, 6.45) is 0.669.